The zero-order chi connectivity index (χ0) is 32.0. The maximum atomic E-state index is 12.3. The van der Waals surface area contributed by atoms with E-state index in [1.165, 1.54) is 0 Å². The van der Waals surface area contributed by atoms with Crippen LogP contribution in [0.2, 0.25) is 0 Å². The molecule has 0 aromatic heterocycles. The van der Waals surface area contributed by atoms with Crippen molar-refractivity contribution < 1.29 is 47.8 Å². The first-order valence-corrected chi connectivity index (χ1v) is 16.7. The first-order valence-electron chi connectivity index (χ1n) is 15.2. The summed E-state index contributed by atoms with van der Waals surface area (Å²) in [5.41, 5.74) is 0. The summed E-state index contributed by atoms with van der Waals surface area (Å²) >= 11 is 0. The summed E-state index contributed by atoms with van der Waals surface area (Å²) < 4.78 is 31.8. The normalized spacial score (nSPS) is 15.2. The average Bonchev–Trinajstić information content (AvgIpc) is 2.98. The summed E-state index contributed by atoms with van der Waals surface area (Å²) in [4.78, 5) is 33.8. The van der Waals surface area contributed by atoms with Crippen LogP contribution in [0.15, 0.2) is 60.8 Å². The molecule has 3 N–H and O–H groups in total. The van der Waals surface area contributed by atoms with Crippen LogP contribution >= 0.6 is 7.82 Å². The van der Waals surface area contributed by atoms with Gasteiger partial charge in [-0.3, -0.25) is 18.6 Å². The topological polar surface area (TPSA) is 149 Å². The van der Waals surface area contributed by atoms with Gasteiger partial charge in [-0.1, -0.05) is 81.0 Å². The molecule has 0 aliphatic heterocycles. The van der Waals surface area contributed by atoms with E-state index in [2.05, 4.69) is 72.2 Å². The molecule has 0 aliphatic carbocycles. The molecule has 0 fully saturated rings. The molecule has 10 nitrogen and oxygen atoms in total. The molecule has 0 aromatic carbocycles. The van der Waals surface area contributed by atoms with E-state index >= 15 is 0 Å². The minimum atomic E-state index is -4.59. The Hall–Kier alpha value is -2.33. The Labute approximate surface area is 257 Å². The van der Waals surface area contributed by atoms with E-state index in [0.29, 0.717) is 12.8 Å². The number of carbonyl (C=O) groups is 2. The number of phosphoric acid groups is 1. The summed E-state index contributed by atoms with van der Waals surface area (Å²) in [5, 5.41) is 18.0. The zero-order valence-corrected chi connectivity index (χ0v) is 26.8. The van der Waals surface area contributed by atoms with E-state index < -0.39 is 51.8 Å². The Morgan fingerprint density at radius 2 is 1.28 bits per heavy atom. The van der Waals surface area contributed by atoms with Crippen LogP contribution in [0.3, 0.4) is 0 Å². The van der Waals surface area contributed by atoms with Gasteiger partial charge in [0.15, 0.2) is 6.10 Å². The van der Waals surface area contributed by atoms with E-state index in [9.17, 15) is 24.2 Å². The van der Waals surface area contributed by atoms with Gasteiger partial charge in [-0.05, 0) is 57.8 Å². The number of aliphatic hydroxyl groups is 2. The number of rotatable bonds is 27. The zero-order valence-electron chi connectivity index (χ0n) is 25.9. The molecule has 0 spiro atoms. The number of esters is 2. The van der Waals surface area contributed by atoms with Crippen LogP contribution in [0.1, 0.15) is 90.9 Å². The van der Waals surface area contributed by atoms with Crippen molar-refractivity contribution in [1.29, 1.82) is 0 Å². The third-order valence-electron chi connectivity index (χ3n) is 5.66. The highest BCUT2D eigenvalue weighted by molar-refractivity contribution is 7.47. The largest absolute Gasteiger partial charge is 0.472 e. The lowest BCUT2D eigenvalue weighted by molar-refractivity contribution is -0.161. The smallest absolute Gasteiger partial charge is 0.462 e. The second-order valence-electron chi connectivity index (χ2n) is 9.75. The van der Waals surface area contributed by atoms with E-state index in [1.807, 2.05) is 6.92 Å². The molecule has 0 heterocycles. The Bertz CT molecular complexity index is 910. The van der Waals surface area contributed by atoms with Gasteiger partial charge in [-0.2, -0.15) is 0 Å². The summed E-state index contributed by atoms with van der Waals surface area (Å²) in [7, 11) is -4.59. The van der Waals surface area contributed by atoms with Gasteiger partial charge in [0, 0.05) is 12.8 Å². The molecule has 0 aliphatic rings. The van der Waals surface area contributed by atoms with Crippen LogP contribution in [0, 0.1) is 0 Å². The quantitative estimate of drug-likeness (QED) is 0.0402. The van der Waals surface area contributed by atoms with Crippen molar-refractivity contribution in [3.63, 3.8) is 0 Å². The second kappa shape index (κ2) is 28.4. The lowest BCUT2D eigenvalue weighted by Crippen LogP contribution is -2.29. The fraction of sp³-hybridized carbons (Fsp3) is 0.625. The van der Waals surface area contributed by atoms with Gasteiger partial charge in [0.2, 0.25) is 0 Å². The maximum absolute atomic E-state index is 12.3. The van der Waals surface area contributed by atoms with Crippen LogP contribution in [0.4, 0.5) is 0 Å². The number of ether oxygens (including phenoxy) is 2. The Morgan fingerprint density at radius 3 is 1.84 bits per heavy atom. The molecule has 11 heteroatoms. The summed E-state index contributed by atoms with van der Waals surface area (Å²) in [5.74, 6) is -1.03. The third kappa shape index (κ3) is 28.2. The van der Waals surface area contributed by atoms with Crippen molar-refractivity contribution in [1.82, 2.24) is 0 Å². The van der Waals surface area contributed by atoms with Crippen molar-refractivity contribution in [3.8, 4) is 0 Å². The van der Waals surface area contributed by atoms with E-state index in [-0.39, 0.29) is 19.4 Å². The van der Waals surface area contributed by atoms with E-state index in [4.69, 9.17) is 19.1 Å². The summed E-state index contributed by atoms with van der Waals surface area (Å²) in [6.07, 6.45) is 28.1. The highest BCUT2D eigenvalue weighted by Crippen LogP contribution is 2.43. The van der Waals surface area contributed by atoms with Crippen molar-refractivity contribution in [2.24, 2.45) is 0 Å². The molecule has 0 saturated heterocycles. The molecule has 3 unspecified atom stereocenters. The first-order chi connectivity index (χ1) is 20.7. The molecule has 0 amide bonds. The number of carbonyl (C=O) groups excluding carboxylic acids is 2. The SMILES string of the molecule is CC/C=C\C/C=C\C/C=C\C/C=C\C/C=C\CCCCCC(=O)OC(COC(=O)CCC)COP(=O)(O)OCC(O)CO. The number of unbranched alkanes of at least 4 members (excludes halogenated alkanes) is 3. The molecule has 0 saturated carbocycles. The highest BCUT2D eigenvalue weighted by atomic mass is 31.2. The van der Waals surface area contributed by atoms with Crippen molar-refractivity contribution in [2.75, 3.05) is 26.4 Å². The molecular formula is C32H53O10P. The van der Waals surface area contributed by atoms with Gasteiger partial charge in [-0.25, -0.2) is 4.57 Å². The fourth-order valence-corrected chi connectivity index (χ4v) is 4.14. The predicted octanol–water partition coefficient (Wildman–Crippen LogP) is 6.43. The van der Waals surface area contributed by atoms with Crippen LogP contribution in [0.25, 0.3) is 0 Å². The molecule has 246 valence electrons. The van der Waals surface area contributed by atoms with Gasteiger partial charge in [-0.15, -0.1) is 0 Å². The van der Waals surface area contributed by atoms with Crippen molar-refractivity contribution in [2.45, 2.75) is 103 Å². The van der Waals surface area contributed by atoms with Gasteiger partial charge in [0.25, 0.3) is 0 Å². The van der Waals surface area contributed by atoms with E-state index in [0.717, 1.165) is 51.4 Å². The molecular weight excluding hydrogens is 575 g/mol. The van der Waals surface area contributed by atoms with Gasteiger partial charge in [0.1, 0.15) is 12.7 Å². The third-order valence-corrected chi connectivity index (χ3v) is 6.61. The lowest BCUT2D eigenvalue weighted by atomic mass is 10.1. The molecule has 0 rings (SSSR count). The predicted molar refractivity (Wildman–Crippen MR) is 168 cm³/mol. The Kier molecular flexibility index (Phi) is 26.9. The minimum absolute atomic E-state index is 0.140. The first kappa shape index (κ1) is 40.7. The standard InChI is InChI=1S/C32H53O10P/c1-3-5-6-7-8-9-10-11-12-13-14-15-16-17-18-19-20-21-22-24-32(36)42-30(27-39-31(35)23-4-2)28-41-43(37,38)40-26-29(34)25-33/h5-6,8-9,11-12,14-15,17-18,29-30,33-34H,3-4,7,10,13,16,19-28H2,1-2H3,(H,37,38)/b6-5-,9-8-,12-11-,15-14-,18-17-. The number of aliphatic hydroxyl groups excluding tert-OH is 2. The number of hydrogen-bond donors (Lipinski definition) is 3. The van der Waals surface area contributed by atoms with Crippen LogP contribution in [-0.4, -0.2) is 65.7 Å². The van der Waals surface area contributed by atoms with Crippen molar-refractivity contribution >= 4 is 19.8 Å². The molecule has 0 aromatic rings. The maximum Gasteiger partial charge on any atom is 0.472 e. The van der Waals surface area contributed by atoms with E-state index in [1.54, 1.807) is 0 Å². The number of phosphoric ester groups is 1. The van der Waals surface area contributed by atoms with Gasteiger partial charge < -0.3 is 24.6 Å². The number of allylic oxidation sites excluding steroid dienone is 10. The van der Waals surface area contributed by atoms with Crippen LogP contribution in [0.5, 0.6) is 0 Å². The minimum Gasteiger partial charge on any atom is -0.462 e. The average molecular weight is 629 g/mol. The number of hydrogen-bond acceptors (Lipinski definition) is 9. The lowest BCUT2D eigenvalue weighted by Gasteiger charge is -2.20. The van der Waals surface area contributed by atoms with Crippen LogP contribution in [-0.2, 0) is 32.7 Å². The molecule has 3 atom stereocenters. The highest BCUT2D eigenvalue weighted by Gasteiger charge is 2.27. The fourth-order valence-electron chi connectivity index (χ4n) is 3.35. The molecule has 43 heavy (non-hydrogen) atoms. The summed E-state index contributed by atoms with van der Waals surface area (Å²) in [6.45, 7) is 1.76. The Balaban J connectivity index is 4.23. The second-order valence-corrected chi connectivity index (χ2v) is 11.2. The molecule has 0 bridgehead atoms. The molecule has 0 radical (unpaired) electrons. The van der Waals surface area contributed by atoms with Gasteiger partial charge >= 0.3 is 19.8 Å². The van der Waals surface area contributed by atoms with Gasteiger partial charge in [0.05, 0.1) is 19.8 Å². The summed E-state index contributed by atoms with van der Waals surface area (Å²) in [6, 6.07) is 0. The monoisotopic (exact) mass is 628 g/mol. The van der Waals surface area contributed by atoms with Crippen molar-refractivity contribution in [3.05, 3.63) is 60.8 Å². The Morgan fingerprint density at radius 1 is 0.721 bits per heavy atom. The van der Waals surface area contributed by atoms with Crippen LogP contribution < -0.4 is 0 Å².